The minimum atomic E-state index is 0.143. The van der Waals surface area contributed by atoms with Crippen molar-refractivity contribution in [2.24, 2.45) is 35.5 Å². The van der Waals surface area contributed by atoms with E-state index in [0.29, 0.717) is 0 Å². The number of hydrogen-bond acceptors (Lipinski definition) is 1. The van der Waals surface area contributed by atoms with Crippen LogP contribution in [-0.4, -0.2) is 0 Å². The second-order valence-electron chi connectivity index (χ2n) is 18.8. The summed E-state index contributed by atoms with van der Waals surface area (Å²) in [6.07, 6.45) is 14.0. The second kappa shape index (κ2) is 11.3. The quantitative estimate of drug-likeness (QED) is 0.176. The van der Waals surface area contributed by atoms with E-state index in [0.717, 1.165) is 35.5 Å². The molecule has 0 amide bonds. The summed E-state index contributed by atoms with van der Waals surface area (Å²) < 4.78 is 0. The topological polar surface area (TPSA) is 3.24 Å². The summed E-state index contributed by atoms with van der Waals surface area (Å²) in [4.78, 5) is 2.61. The highest BCUT2D eigenvalue weighted by Gasteiger charge is 2.63. The zero-order valence-electron chi connectivity index (χ0n) is 31.8. The summed E-state index contributed by atoms with van der Waals surface area (Å²) in [5.74, 6) is 4.95. The van der Waals surface area contributed by atoms with Crippen molar-refractivity contribution in [1.82, 2.24) is 0 Å². The Hall–Kier alpha value is -4.88. The van der Waals surface area contributed by atoms with Gasteiger partial charge >= 0.3 is 0 Å². The lowest BCUT2D eigenvalue weighted by Crippen LogP contribution is -2.37. The van der Waals surface area contributed by atoms with Gasteiger partial charge in [0.15, 0.2) is 0 Å². The molecule has 1 nitrogen and oxygen atoms in total. The first-order valence-electron chi connectivity index (χ1n) is 21.6. The van der Waals surface area contributed by atoms with E-state index < -0.39 is 0 Å². The van der Waals surface area contributed by atoms with Gasteiger partial charge in [0.1, 0.15) is 0 Å². The Labute approximate surface area is 326 Å². The molecule has 8 atom stereocenters. The van der Waals surface area contributed by atoms with Crippen molar-refractivity contribution in [1.29, 1.82) is 0 Å². The lowest BCUT2D eigenvalue weighted by molar-refractivity contribution is 0.224. The summed E-state index contributed by atoms with van der Waals surface area (Å²) in [6, 6.07) is 54.6. The standard InChI is InChI=1S/C54H49N/c1-2-11-36(12-3-1)37-13-9-14-41(30-37)55(43-22-24-46-44-15-4-6-17-49(44)53(52(46)32-43)33-35-20-21-39(53)28-35)42-23-25-51-47(31-42)45-16-5-7-18-50(45)54(51)40-27-34-10-8-19-48(54)38(26-34)29-40/h1-7,9,11-18,22-25,30-32,34-35,38-40,48H,8,10,19-21,26-29,33H2. The zero-order chi connectivity index (χ0) is 35.9. The van der Waals surface area contributed by atoms with E-state index in [2.05, 4.69) is 144 Å². The van der Waals surface area contributed by atoms with Crippen LogP contribution in [-0.2, 0) is 10.8 Å². The molecule has 270 valence electrons. The van der Waals surface area contributed by atoms with E-state index >= 15 is 0 Å². The fourth-order valence-electron chi connectivity index (χ4n) is 14.9. The molecule has 13 rings (SSSR count). The third kappa shape index (κ3) is 4.10. The molecular weight excluding hydrogens is 663 g/mol. The van der Waals surface area contributed by atoms with Gasteiger partial charge in [0.2, 0.25) is 0 Å². The van der Waals surface area contributed by atoms with Crippen molar-refractivity contribution in [3.8, 4) is 33.4 Å². The molecule has 7 aliphatic rings. The molecular formula is C54H49N. The van der Waals surface area contributed by atoms with Gasteiger partial charge in [0.25, 0.3) is 0 Å². The Morgan fingerprint density at radius 1 is 0.436 bits per heavy atom. The van der Waals surface area contributed by atoms with Crippen molar-refractivity contribution < 1.29 is 0 Å². The maximum Gasteiger partial charge on any atom is 0.0468 e. The molecule has 0 N–H and O–H groups in total. The molecule has 0 heterocycles. The van der Waals surface area contributed by atoms with Gasteiger partial charge in [-0.3, -0.25) is 0 Å². The smallest absolute Gasteiger partial charge is 0.0468 e. The normalized spacial score (nSPS) is 31.1. The van der Waals surface area contributed by atoms with Gasteiger partial charge in [-0.1, -0.05) is 122 Å². The zero-order valence-corrected chi connectivity index (χ0v) is 31.8. The van der Waals surface area contributed by atoms with E-state index in [-0.39, 0.29) is 10.8 Å². The first kappa shape index (κ1) is 31.3. The summed E-state index contributed by atoms with van der Waals surface area (Å²) in [7, 11) is 0. The fourth-order valence-corrected chi connectivity index (χ4v) is 14.9. The predicted octanol–water partition coefficient (Wildman–Crippen LogP) is 14.0. The van der Waals surface area contributed by atoms with Gasteiger partial charge < -0.3 is 4.90 Å². The number of hydrogen-bond donors (Lipinski definition) is 0. The highest BCUT2D eigenvalue weighted by Crippen LogP contribution is 2.70. The van der Waals surface area contributed by atoms with E-state index in [1.807, 2.05) is 0 Å². The van der Waals surface area contributed by atoms with Gasteiger partial charge in [-0.15, -0.1) is 0 Å². The van der Waals surface area contributed by atoms with Gasteiger partial charge in [-0.25, -0.2) is 0 Å². The molecule has 0 saturated heterocycles. The Morgan fingerprint density at radius 2 is 1.15 bits per heavy atom. The highest BCUT2D eigenvalue weighted by atomic mass is 15.1. The molecule has 7 aliphatic carbocycles. The molecule has 1 heteroatoms. The molecule has 0 aliphatic heterocycles. The Morgan fingerprint density at radius 3 is 2.00 bits per heavy atom. The second-order valence-corrected chi connectivity index (χ2v) is 18.8. The molecule has 5 bridgehead atoms. The molecule has 0 aromatic heterocycles. The number of fused-ring (bicyclic) bond motifs is 17. The third-order valence-electron chi connectivity index (χ3n) is 16.6. The van der Waals surface area contributed by atoms with Crippen LogP contribution in [0.4, 0.5) is 17.1 Å². The molecule has 0 radical (unpaired) electrons. The van der Waals surface area contributed by atoms with Crippen LogP contribution in [0.5, 0.6) is 0 Å². The minimum absolute atomic E-state index is 0.143. The number of rotatable bonds is 4. The van der Waals surface area contributed by atoms with Crippen LogP contribution in [0.3, 0.4) is 0 Å². The Bertz CT molecular complexity index is 2530. The van der Waals surface area contributed by atoms with E-state index in [1.54, 1.807) is 22.3 Å². The average molecular weight is 712 g/mol. The largest absolute Gasteiger partial charge is 0.310 e. The number of anilines is 3. The summed E-state index contributed by atoms with van der Waals surface area (Å²) in [5, 5.41) is 0. The summed E-state index contributed by atoms with van der Waals surface area (Å²) in [5.41, 5.74) is 19.0. The van der Waals surface area contributed by atoms with Crippen LogP contribution in [0.25, 0.3) is 33.4 Å². The minimum Gasteiger partial charge on any atom is -0.310 e. The predicted molar refractivity (Wildman–Crippen MR) is 226 cm³/mol. The molecule has 6 aromatic rings. The van der Waals surface area contributed by atoms with Gasteiger partial charge in [-0.05, 0) is 172 Å². The van der Waals surface area contributed by atoms with E-state index in [4.69, 9.17) is 0 Å². The van der Waals surface area contributed by atoms with Crippen LogP contribution >= 0.6 is 0 Å². The maximum atomic E-state index is 2.64. The monoisotopic (exact) mass is 711 g/mol. The highest BCUT2D eigenvalue weighted by molar-refractivity contribution is 5.90. The Balaban J connectivity index is 1.02. The fraction of sp³-hybridized carbons (Fsp3) is 0.333. The van der Waals surface area contributed by atoms with Crippen molar-refractivity contribution in [2.75, 3.05) is 4.90 Å². The molecule has 5 saturated carbocycles. The SMILES string of the molecule is c1ccc(-c2cccc(N(c3ccc4c(c3)-c3ccccc3C43C4CC5CCCC3C(C5)C4)c3ccc4c(c3)C3(CC5CCC3C5)c3ccccc3-4)c2)cc1. The van der Waals surface area contributed by atoms with Gasteiger partial charge in [0.05, 0.1) is 0 Å². The summed E-state index contributed by atoms with van der Waals surface area (Å²) >= 11 is 0. The van der Waals surface area contributed by atoms with Crippen molar-refractivity contribution in [3.63, 3.8) is 0 Å². The summed E-state index contributed by atoms with van der Waals surface area (Å²) in [6.45, 7) is 0. The lowest BCUT2D eigenvalue weighted by atomic mass is 9.62. The first-order valence-corrected chi connectivity index (χ1v) is 21.6. The van der Waals surface area contributed by atoms with Crippen LogP contribution in [0.15, 0.2) is 140 Å². The van der Waals surface area contributed by atoms with Crippen molar-refractivity contribution in [2.45, 2.75) is 75.0 Å². The first-order chi connectivity index (χ1) is 27.2. The van der Waals surface area contributed by atoms with Crippen molar-refractivity contribution in [3.05, 3.63) is 162 Å². The molecule has 6 aromatic carbocycles. The number of benzene rings is 6. The van der Waals surface area contributed by atoms with Crippen LogP contribution in [0.2, 0.25) is 0 Å². The van der Waals surface area contributed by atoms with Crippen molar-refractivity contribution >= 4 is 17.1 Å². The maximum absolute atomic E-state index is 2.64. The van der Waals surface area contributed by atoms with Crippen LogP contribution in [0.1, 0.15) is 86.5 Å². The third-order valence-corrected chi connectivity index (χ3v) is 16.6. The number of nitrogens with zero attached hydrogens (tertiary/aromatic N) is 1. The van der Waals surface area contributed by atoms with Gasteiger partial charge in [0, 0.05) is 27.9 Å². The van der Waals surface area contributed by atoms with E-state index in [1.165, 1.54) is 115 Å². The molecule has 2 spiro atoms. The lowest BCUT2D eigenvalue weighted by Gasteiger charge is -2.41. The van der Waals surface area contributed by atoms with Gasteiger partial charge in [-0.2, -0.15) is 0 Å². The average Bonchev–Trinajstić information content (AvgIpc) is 4.01. The van der Waals surface area contributed by atoms with Crippen LogP contribution in [0, 0.1) is 35.5 Å². The molecule has 8 unspecified atom stereocenters. The van der Waals surface area contributed by atoms with Crippen LogP contribution < -0.4 is 4.90 Å². The Kier molecular flexibility index (Phi) is 6.47. The molecule has 5 fully saturated rings. The van der Waals surface area contributed by atoms with E-state index in [9.17, 15) is 0 Å². The molecule has 55 heavy (non-hydrogen) atoms.